The Hall–Kier alpha value is -0.130. The summed E-state index contributed by atoms with van der Waals surface area (Å²) in [7, 11) is -3.34. The highest BCUT2D eigenvalue weighted by atomic mass is 32.2. The van der Waals surface area contributed by atoms with Crippen molar-refractivity contribution in [3.63, 3.8) is 0 Å². The quantitative estimate of drug-likeness (QED) is 0.485. The molecule has 0 fully saturated rings. The molecule has 4 nitrogen and oxygen atoms in total. The van der Waals surface area contributed by atoms with Crippen LogP contribution in [-0.2, 0) is 14.4 Å². The normalized spacial score (nSPS) is 11.8. The third kappa shape index (κ3) is 8.21. The van der Waals surface area contributed by atoms with Crippen LogP contribution >= 0.6 is 0 Å². The highest BCUT2D eigenvalue weighted by Crippen LogP contribution is 1.96. The zero-order valence-corrected chi connectivity index (χ0v) is 9.19. The first-order valence-corrected chi connectivity index (χ1v) is 6.34. The second kappa shape index (κ2) is 7.29. The Bertz CT molecular complexity index is 201. The van der Waals surface area contributed by atoms with Crippen LogP contribution in [0.3, 0.4) is 0 Å². The third-order valence-corrected chi connectivity index (χ3v) is 2.73. The maximum Gasteiger partial charge on any atom is 0.283 e. The number of hydrogen-bond acceptors (Lipinski definition) is 4. The van der Waals surface area contributed by atoms with Crippen molar-refractivity contribution in [2.24, 2.45) is 0 Å². The minimum atomic E-state index is -3.34. The lowest BCUT2D eigenvalue weighted by Gasteiger charge is -2.04. The van der Waals surface area contributed by atoms with Crippen molar-refractivity contribution in [3.05, 3.63) is 0 Å². The zero-order valence-electron chi connectivity index (χ0n) is 8.38. The van der Waals surface area contributed by atoms with Gasteiger partial charge in [-0.05, 0) is 12.8 Å². The van der Waals surface area contributed by atoms with Crippen LogP contribution in [0.15, 0.2) is 0 Å². The average molecular weight is 209 g/mol. The van der Waals surface area contributed by atoms with Gasteiger partial charge in [0.25, 0.3) is 10.1 Å². The molecule has 0 aromatic heterocycles. The molecule has 0 saturated heterocycles. The lowest BCUT2D eigenvalue weighted by Crippen LogP contribution is -2.23. The minimum absolute atomic E-state index is 0.0998. The summed E-state index contributed by atoms with van der Waals surface area (Å²) in [5, 5.41) is 0. The molecule has 0 aliphatic carbocycles. The van der Waals surface area contributed by atoms with Crippen LogP contribution in [0.2, 0.25) is 0 Å². The topological polar surface area (TPSA) is 55.4 Å². The van der Waals surface area contributed by atoms with Gasteiger partial charge in [0, 0.05) is 6.54 Å². The Morgan fingerprint density at radius 3 is 2.31 bits per heavy atom. The predicted molar refractivity (Wildman–Crippen MR) is 52.7 cm³/mol. The van der Waals surface area contributed by atoms with Gasteiger partial charge in [-0.3, -0.25) is 0 Å². The Morgan fingerprint density at radius 1 is 1.15 bits per heavy atom. The second-order valence-electron chi connectivity index (χ2n) is 2.95. The van der Waals surface area contributed by atoms with E-state index in [4.69, 9.17) is 0 Å². The van der Waals surface area contributed by atoms with E-state index in [1.54, 1.807) is 0 Å². The number of rotatable bonds is 8. The molecule has 0 aliphatic heterocycles. The number of hydroxylamine groups is 1. The van der Waals surface area contributed by atoms with E-state index in [1.807, 2.05) is 13.8 Å². The highest BCUT2D eigenvalue weighted by Gasteiger charge is 2.09. The Balaban J connectivity index is 3.52. The SMILES string of the molecule is CCCCNOS(=O)(=O)CCCC. The van der Waals surface area contributed by atoms with Gasteiger partial charge in [-0.1, -0.05) is 26.7 Å². The van der Waals surface area contributed by atoms with E-state index < -0.39 is 10.1 Å². The molecule has 0 aliphatic rings. The molecule has 0 aromatic carbocycles. The van der Waals surface area contributed by atoms with E-state index in [1.165, 1.54) is 0 Å². The molecule has 0 saturated carbocycles. The molecule has 0 spiro atoms. The highest BCUT2D eigenvalue weighted by molar-refractivity contribution is 7.86. The molecule has 80 valence electrons. The Labute approximate surface area is 80.7 Å². The summed E-state index contributed by atoms with van der Waals surface area (Å²) in [4.78, 5) is 0. The number of unbranched alkanes of at least 4 members (excludes halogenated alkanes) is 2. The molecule has 13 heavy (non-hydrogen) atoms. The molecule has 0 heterocycles. The van der Waals surface area contributed by atoms with E-state index in [-0.39, 0.29) is 5.75 Å². The lowest BCUT2D eigenvalue weighted by atomic mass is 10.3. The van der Waals surface area contributed by atoms with E-state index in [0.717, 1.165) is 19.3 Å². The van der Waals surface area contributed by atoms with Crippen LogP contribution < -0.4 is 5.48 Å². The van der Waals surface area contributed by atoms with Crippen LogP contribution in [0.25, 0.3) is 0 Å². The van der Waals surface area contributed by atoms with E-state index in [0.29, 0.717) is 13.0 Å². The first-order chi connectivity index (χ1) is 6.12. The smallest absolute Gasteiger partial charge is 0.198 e. The van der Waals surface area contributed by atoms with Crippen LogP contribution in [0.5, 0.6) is 0 Å². The third-order valence-electron chi connectivity index (χ3n) is 1.57. The van der Waals surface area contributed by atoms with Crippen LogP contribution in [0, 0.1) is 0 Å². The first kappa shape index (κ1) is 12.9. The molecular weight excluding hydrogens is 190 g/mol. The van der Waals surface area contributed by atoms with Crippen molar-refractivity contribution >= 4 is 10.1 Å². The lowest BCUT2D eigenvalue weighted by molar-refractivity contribution is 0.202. The summed E-state index contributed by atoms with van der Waals surface area (Å²) in [6.07, 6.45) is 3.45. The van der Waals surface area contributed by atoms with Crippen LogP contribution in [0.4, 0.5) is 0 Å². The maximum atomic E-state index is 11.1. The predicted octanol–water partition coefficient (Wildman–Crippen LogP) is 1.44. The van der Waals surface area contributed by atoms with Crippen molar-refractivity contribution < 1.29 is 12.7 Å². The van der Waals surface area contributed by atoms with Gasteiger partial charge < -0.3 is 0 Å². The second-order valence-corrected chi connectivity index (χ2v) is 4.64. The van der Waals surface area contributed by atoms with E-state index >= 15 is 0 Å². The largest absolute Gasteiger partial charge is 0.283 e. The van der Waals surface area contributed by atoms with Gasteiger partial charge >= 0.3 is 0 Å². The average Bonchev–Trinajstić information content (AvgIpc) is 2.09. The molecule has 0 bridgehead atoms. The van der Waals surface area contributed by atoms with Crippen molar-refractivity contribution in [1.29, 1.82) is 0 Å². The van der Waals surface area contributed by atoms with Gasteiger partial charge in [-0.25, -0.2) is 0 Å². The van der Waals surface area contributed by atoms with E-state index in [2.05, 4.69) is 9.76 Å². The standard InChI is InChI=1S/C8H19NO3S/c1-3-5-7-9-12-13(10,11)8-6-4-2/h9H,3-8H2,1-2H3. The van der Waals surface area contributed by atoms with Gasteiger partial charge in [0.2, 0.25) is 0 Å². The van der Waals surface area contributed by atoms with Gasteiger partial charge in [-0.2, -0.15) is 18.2 Å². The molecule has 0 aromatic rings. The van der Waals surface area contributed by atoms with Crippen molar-refractivity contribution in [2.75, 3.05) is 12.3 Å². The van der Waals surface area contributed by atoms with Crippen LogP contribution in [0.1, 0.15) is 39.5 Å². The van der Waals surface area contributed by atoms with Crippen molar-refractivity contribution in [1.82, 2.24) is 5.48 Å². The summed E-state index contributed by atoms with van der Waals surface area (Å²) in [6, 6.07) is 0. The minimum Gasteiger partial charge on any atom is -0.198 e. The monoisotopic (exact) mass is 209 g/mol. The summed E-state index contributed by atoms with van der Waals surface area (Å²) >= 11 is 0. The molecule has 0 unspecified atom stereocenters. The summed E-state index contributed by atoms with van der Waals surface area (Å²) < 4.78 is 26.7. The van der Waals surface area contributed by atoms with Crippen molar-refractivity contribution in [3.8, 4) is 0 Å². The van der Waals surface area contributed by atoms with Gasteiger partial charge in [-0.15, -0.1) is 0 Å². The Kier molecular flexibility index (Phi) is 7.22. The van der Waals surface area contributed by atoms with Gasteiger partial charge in [0.15, 0.2) is 0 Å². The molecular formula is C8H19NO3S. The molecule has 0 amide bonds. The van der Waals surface area contributed by atoms with E-state index in [9.17, 15) is 8.42 Å². The fourth-order valence-electron chi connectivity index (χ4n) is 0.743. The molecule has 0 radical (unpaired) electrons. The number of hydrogen-bond donors (Lipinski definition) is 1. The molecule has 0 rings (SSSR count). The molecule has 0 atom stereocenters. The first-order valence-electron chi connectivity index (χ1n) is 4.76. The van der Waals surface area contributed by atoms with Gasteiger partial charge in [0.1, 0.15) is 0 Å². The zero-order chi connectivity index (χ0) is 10.2. The fraction of sp³-hybridized carbons (Fsp3) is 1.00. The molecule has 5 heteroatoms. The fourth-order valence-corrected chi connectivity index (χ4v) is 1.73. The number of nitrogens with one attached hydrogen (secondary N) is 1. The van der Waals surface area contributed by atoms with Crippen LogP contribution in [-0.4, -0.2) is 20.7 Å². The maximum absolute atomic E-state index is 11.1. The Morgan fingerprint density at radius 2 is 1.77 bits per heavy atom. The van der Waals surface area contributed by atoms with Crippen molar-refractivity contribution in [2.45, 2.75) is 39.5 Å². The summed E-state index contributed by atoms with van der Waals surface area (Å²) in [6.45, 7) is 4.56. The summed E-state index contributed by atoms with van der Waals surface area (Å²) in [5.41, 5.74) is 2.45. The summed E-state index contributed by atoms with van der Waals surface area (Å²) in [5.74, 6) is 0.0998. The van der Waals surface area contributed by atoms with Gasteiger partial charge in [0.05, 0.1) is 5.75 Å². The molecule has 1 N–H and O–H groups in total.